The van der Waals surface area contributed by atoms with Crippen molar-refractivity contribution in [1.82, 2.24) is 10.1 Å². The number of halogens is 3. The minimum absolute atomic E-state index is 0.0386. The largest absolute Gasteiger partial charge is 0.496 e. The van der Waals surface area contributed by atoms with Crippen molar-refractivity contribution in [2.24, 2.45) is 5.73 Å². The lowest BCUT2D eigenvalue weighted by Crippen LogP contribution is -2.47. The zero-order chi connectivity index (χ0) is 15.8. The molecule has 0 aliphatic rings. The van der Waals surface area contributed by atoms with Gasteiger partial charge in [-0.1, -0.05) is 5.16 Å². The summed E-state index contributed by atoms with van der Waals surface area (Å²) in [7, 11) is 1.53. The molecule has 0 saturated heterocycles. The Morgan fingerprint density at radius 1 is 1.29 bits per heavy atom. The van der Waals surface area contributed by atoms with Crippen LogP contribution in [-0.2, 0) is 5.54 Å². The average molecular weight is 301 g/mol. The first-order chi connectivity index (χ1) is 9.66. The molecule has 2 aromatic rings. The molecule has 114 valence electrons. The maximum atomic E-state index is 12.8. The van der Waals surface area contributed by atoms with Gasteiger partial charge in [0.05, 0.1) is 7.11 Å². The number of alkyl halides is 3. The third-order valence-corrected chi connectivity index (χ3v) is 3.11. The number of methoxy groups -OCH3 is 1. The number of nitrogens with two attached hydrogens (primary N) is 1. The van der Waals surface area contributed by atoms with Gasteiger partial charge >= 0.3 is 6.18 Å². The summed E-state index contributed by atoms with van der Waals surface area (Å²) in [4.78, 5) is 3.75. The second-order valence-corrected chi connectivity index (χ2v) is 4.81. The second kappa shape index (κ2) is 5.03. The van der Waals surface area contributed by atoms with Crippen LogP contribution in [0.15, 0.2) is 22.7 Å². The molecule has 0 spiro atoms. The normalized spacial score (nSPS) is 14.8. The molecule has 2 N–H and O–H groups in total. The van der Waals surface area contributed by atoms with E-state index >= 15 is 0 Å². The average Bonchev–Trinajstić information content (AvgIpc) is 2.87. The molecule has 0 aliphatic heterocycles. The van der Waals surface area contributed by atoms with Gasteiger partial charge in [-0.15, -0.1) is 0 Å². The van der Waals surface area contributed by atoms with Crippen LogP contribution in [0.4, 0.5) is 13.2 Å². The van der Waals surface area contributed by atoms with Crippen molar-refractivity contribution in [3.8, 4) is 17.1 Å². The minimum atomic E-state index is -4.69. The van der Waals surface area contributed by atoms with E-state index in [0.717, 1.165) is 12.5 Å². The molecule has 1 unspecified atom stereocenters. The fourth-order valence-corrected chi connectivity index (χ4v) is 1.69. The predicted molar refractivity (Wildman–Crippen MR) is 68.6 cm³/mol. The number of nitrogens with zero attached hydrogens (tertiary/aromatic N) is 2. The Morgan fingerprint density at radius 2 is 1.95 bits per heavy atom. The van der Waals surface area contributed by atoms with Crippen molar-refractivity contribution in [3.63, 3.8) is 0 Å². The Hall–Kier alpha value is -2.09. The number of aryl methyl sites for hydroxylation is 1. The van der Waals surface area contributed by atoms with Gasteiger partial charge in [0, 0.05) is 5.56 Å². The van der Waals surface area contributed by atoms with Crippen LogP contribution >= 0.6 is 0 Å². The second-order valence-electron chi connectivity index (χ2n) is 4.81. The van der Waals surface area contributed by atoms with Crippen LogP contribution in [0, 0.1) is 6.92 Å². The quantitative estimate of drug-likeness (QED) is 0.943. The highest BCUT2D eigenvalue weighted by atomic mass is 19.4. The van der Waals surface area contributed by atoms with Gasteiger partial charge in [0.1, 0.15) is 5.75 Å². The van der Waals surface area contributed by atoms with Crippen LogP contribution in [0.3, 0.4) is 0 Å². The number of hydrogen-bond donors (Lipinski definition) is 1. The fourth-order valence-electron chi connectivity index (χ4n) is 1.69. The Kier molecular flexibility index (Phi) is 3.66. The molecule has 21 heavy (non-hydrogen) atoms. The predicted octanol–water partition coefficient (Wildman–Crippen LogP) is 2.79. The first-order valence-corrected chi connectivity index (χ1v) is 6.01. The van der Waals surface area contributed by atoms with E-state index in [2.05, 4.69) is 14.7 Å². The van der Waals surface area contributed by atoms with E-state index in [1.165, 1.54) is 7.11 Å². The van der Waals surface area contributed by atoms with Crippen molar-refractivity contribution in [3.05, 3.63) is 29.7 Å². The van der Waals surface area contributed by atoms with Gasteiger partial charge in [0.25, 0.3) is 5.89 Å². The van der Waals surface area contributed by atoms with Crippen LogP contribution in [-0.4, -0.2) is 23.4 Å². The Balaban J connectivity index is 2.39. The topological polar surface area (TPSA) is 74.2 Å². The first kappa shape index (κ1) is 15.3. The van der Waals surface area contributed by atoms with E-state index < -0.39 is 17.6 Å². The van der Waals surface area contributed by atoms with Crippen molar-refractivity contribution >= 4 is 0 Å². The SMILES string of the molecule is COc1ccc(-c2noc(C(C)(N)C(F)(F)F)n2)cc1C. The molecule has 0 bridgehead atoms. The van der Waals surface area contributed by atoms with Crippen LogP contribution in [0.25, 0.3) is 11.4 Å². The van der Waals surface area contributed by atoms with Crippen LogP contribution in [0.1, 0.15) is 18.4 Å². The lowest BCUT2D eigenvalue weighted by Gasteiger charge is -2.22. The summed E-state index contributed by atoms with van der Waals surface area (Å²) in [6, 6.07) is 4.99. The molecule has 0 aliphatic carbocycles. The molecular formula is C13H14F3N3O2. The smallest absolute Gasteiger partial charge is 0.415 e. The van der Waals surface area contributed by atoms with Gasteiger partial charge in [-0.05, 0) is 37.6 Å². The fraction of sp³-hybridized carbons (Fsp3) is 0.385. The number of rotatable bonds is 3. The first-order valence-electron chi connectivity index (χ1n) is 6.01. The Bertz CT molecular complexity index is 650. The van der Waals surface area contributed by atoms with E-state index in [1.54, 1.807) is 25.1 Å². The molecule has 1 aromatic carbocycles. The maximum absolute atomic E-state index is 12.8. The van der Waals surface area contributed by atoms with Gasteiger partial charge in [0.15, 0.2) is 5.54 Å². The summed E-state index contributed by atoms with van der Waals surface area (Å²) in [6.07, 6.45) is -4.69. The van der Waals surface area contributed by atoms with Crippen LogP contribution in [0.2, 0.25) is 0 Å². The monoisotopic (exact) mass is 301 g/mol. The third-order valence-electron chi connectivity index (χ3n) is 3.11. The van der Waals surface area contributed by atoms with Crippen molar-refractivity contribution in [1.29, 1.82) is 0 Å². The summed E-state index contributed by atoms with van der Waals surface area (Å²) in [5, 5.41) is 3.56. The Morgan fingerprint density at radius 3 is 2.48 bits per heavy atom. The molecule has 0 radical (unpaired) electrons. The van der Waals surface area contributed by atoms with Crippen LogP contribution in [0.5, 0.6) is 5.75 Å². The van der Waals surface area contributed by atoms with Gasteiger partial charge in [0.2, 0.25) is 5.82 Å². The molecule has 1 aromatic heterocycles. The standard InChI is InChI=1S/C13H14F3N3O2/c1-7-6-8(4-5-9(7)20-3)10-18-11(21-19-10)12(2,17)13(14,15)16/h4-6H,17H2,1-3H3. The molecule has 8 heteroatoms. The van der Waals surface area contributed by atoms with Gasteiger partial charge in [-0.2, -0.15) is 18.2 Å². The summed E-state index contributed by atoms with van der Waals surface area (Å²) in [6.45, 7) is 2.58. The summed E-state index contributed by atoms with van der Waals surface area (Å²) < 4.78 is 48.2. The maximum Gasteiger partial charge on any atom is 0.415 e. The number of hydrogen-bond acceptors (Lipinski definition) is 5. The summed E-state index contributed by atoms with van der Waals surface area (Å²) in [5.74, 6) is 0.0107. The van der Waals surface area contributed by atoms with Gasteiger partial charge in [-0.3, -0.25) is 0 Å². The molecule has 0 fully saturated rings. The molecule has 0 amide bonds. The summed E-state index contributed by atoms with van der Waals surface area (Å²) in [5.41, 5.74) is 3.86. The van der Waals surface area contributed by atoms with Gasteiger partial charge < -0.3 is 15.0 Å². The molecule has 1 heterocycles. The van der Waals surface area contributed by atoms with E-state index in [4.69, 9.17) is 10.5 Å². The van der Waals surface area contributed by atoms with Crippen molar-refractivity contribution in [2.45, 2.75) is 25.6 Å². The van der Waals surface area contributed by atoms with E-state index in [0.29, 0.717) is 11.3 Å². The molecule has 1 atom stereocenters. The highest BCUT2D eigenvalue weighted by Gasteiger charge is 2.53. The van der Waals surface area contributed by atoms with E-state index in [9.17, 15) is 13.2 Å². The van der Waals surface area contributed by atoms with Crippen LogP contribution < -0.4 is 10.5 Å². The Labute approximate surface area is 118 Å². The number of ether oxygens (including phenoxy) is 1. The highest BCUT2D eigenvalue weighted by molar-refractivity contribution is 5.58. The molecule has 0 saturated carbocycles. The lowest BCUT2D eigenvalue weighted by atomic mass is 10.0. The van der Waals surface area contributed by atoms with Gasteiger partial charge in [-0.25, -0.2) is 0 Å². The summed E-state index contributed by atoms with van der Waals surface area (Å²) >= 11 is 0. The zero-order valence-corrected chi connectivity index (χ0v) is 11.7. The van der Waals surface area contributed by atoms with Crippen molar-refractivity contribution in [2.75, 3.05) is 7.11 Å². The molecule has 5 nitrogen and oxygen atoms in total. The zero-order valence-electron chi connectivity index (χ0n) is 11.7. The number of aromatic nitrogens is 2. The lowest BCUT2D eigenvalue weighted by molar-refractivity contribution is -0.190. The number of benzene rings is 1. The van der Waals surface area contributed by atoms with Crippen molar-refractivity contribution < 1.29 is 22.4 Å². The molecule has 2 rings (SSSR count). The van der Waals surface area contributed by atoms with E-state index in [-0.39, 0.29) is 5.82 Å². The third kappa shape index (κ3) is 2.71. The minimum Gasteiger partial charge on any atom is -0.496 e. The van der Waals surface area contributed by atoms with E-state index in [1.807, 2.05) is 0 Å². The molecular weight excluding hydrogens is 287 g/mol. The highest BCUT2D eigenvalue weighted by Crippen LogP contribution is 2.36.